The molecule has 1 aromatic heterocycles. The summed E-state index contributed by atoms with van der Waals surface area (Å²) < 4.78 is 7.14. The summed E-state index contributed by atoms with van der Waals surface area (Å²) in [5, 5.41) is 18.1. The number of hydrogen-bond donors (Lipinski definition) is 2. The number of nitrogens with one attached hydrogen (secondary N) is 1. The molecule has 0 fully saturated rings. The van der Waals surface area contributed by atoms with Gasteiger partial charge in [-0.15, -0.1) is 0 Å². The van der Waals surface area contributed by atoms with E-state index in [2.05, 4.69) is 39.6 Å². The lowest BCUT2D eigenvalue weighted by Crippen LogP contribution is -2.40. The fraction of sp³-hybridized carbons (Fsp3) is 0.526. The number of β-amino-alcohol motifs (C(OH)–C–C–N with tert-alkyl or cyclic N) is 1. The number of ether oxygens (including phenoxy) is 1. The molecule has 3 rings (SSSR count). The minimum absolute atomic E-state index is 0.395. The monoisotopic (exact) mass is 344 g/mol. The van der Waals surface area contributed by atoms with Gasteiger partial charge in [-0.25, -0.2) is 4.68 Å². The molecule has 1 aliphatic rings. The van der Waals surface area contributed by atoms with Gasteiger partial charge in [0.1, 0.15) is 0 Å². The number of methoxy groups -OCH3 is 1. The molecule has 0 saturated carbocycles. The molecule has 25 heavy (non-hydrogen) atoms. The molecule has 2 heterocycles. The number of aliphatic hydroxyl groups is 1. The van der Waals surface area contributed by atoms with Crippen LogP contribution in [0.2, 0.25) is 0 Å². The number of aromatic nitrogens is 2. The Morgan fingerprint density at radius 3 is 2.84 bits per heavy atom. The van der Waals surface area contributed by atoms with Crippen molar-refractivity contribution in [3.05, 3.63) is 46.6 Å². The third kappa shape index (κ3) is 4.21. The van der Waals surface area contributed by atoms with Gasteiger partial charge in [0, 0.05) is 39.8 Å². The lowest BCUT2D eigenvalue weighted by atomic mass is 10.00. The summed E-state index contributed by atoms with van der Waals surface area (Å²) in [5.74, 6) is 0.770. The number of hydrogen-bond acceptors (Lipinski definition) is 5. The summed E-state index contributed by atoms with van der Waals surface area (Å²) in [6.07, 6.45) is 0.663. The zero-order chi connectivity index (χ0) is 17.8. The van der Waals surface area contributed by atoms with Crippen molar-refractivity contribution in [1.29, 1.82) is 0 Å². The predicted molar refractivity (Wildman–Crippen MR) is 97.6 cm³/mol. The number of rotatable bonds is 7. The van der Waals surface area contributed by atoms with E-state index in [1.54, 1.807) is 11.8 Å². The van der Waals surface area contributed by atoms with Crippen LogP contribution in [0.25, 0.3) is 0 Å². The summed E-state index contributed by atoms with van der Waals surface area (Å²) in [6.45, 7) is 5.77. The van der Waals surface area contributed by atoms with Gasteiger partial charge in [0.05, 0.1) is 24.5 Å². The minimum atomic E-state index is -0.395. The first-order valence-corrected chi connectivity index (χ1v) is 8.83. The van der Waals surface area contributed by atoms with E-state index >= 15 is 0 Å². The summed E-state index contributed by atoms with van der Waals surface area (Å²) in [7, 11) is 3.53. The van der Waals surface area contributed by atoms with Crippen LogP contribution < -0.4 is 10.1 Å². The highest BCUT2D eigenvalue weighted by Crippen LogP contribution is 2.21. The number of aryl methyl sites for hydroxylation is 2. The fourth-order valence-corrected chi connectivity index (χ4v) is 3.58. The number of nitrogens with zero attached hydrogens (tertiary/aromatic N) is 3. The number of aliphatic hydroxyl groups excluding tert-OH is 1. The average molecular weight is 344 g/mol. The van der Waals surface area contributed by atoms with Crippen LogP contribution >= 0.6 is 0 Å². The second-order valence-electron chi connectivity index (χ2n) is 6.74. The van der Waals surface area contributed by atoms with Gasteiger partial charge in [0.25, 0.3) is 0 Å². The molecule has 0 amide bonds. The van der Waals surface area contributed by atoms with Crippen LogP contribution in [-0.4, -0.2) is 52.6 Å². The molecular weight excluding hydrogens is 316 g/mol. The van der Waals surface area contributed by atoms with Crippen molar-refractivity contribution in [1.82, 2.24) is 20.0 Å². The highest BCUT2D eigenvalue weighted by molar-refractivity contribution is 5.31. The van der Waals surface area contributed by atoms with Gasteiger partial charge in [0.15, 0.2) is 0 Å². The van der Waals surface area contributed by atoms with E-state index in [1.807, 2.05) is 14.0 Å². The van der Waals surface area contributed by atoms with E-state index in [0.717, 1.165) is 36.6 Å². The van der Waals surface area contributed by atoms with Crippen molar-refractivity contribution < 1.29 is 9.84 Å². The van der Waals surface area contributed by atoms with E-state index in [4.69, 9.17) is 4.74 Å². The molecule has 2 N–H and O–H groups in total. The molecule has 0 unspecified atom stereocenters. The Morgan fingerprint density at radius 2 is 2.08 bits per heavy atom. The van der Waals surface area contributed by atoms with Crippen molar-refractivity contribution in [3.63, 3.8) is 0 Å². The maximum atomic E-state index is 10.4. The quantitative estimate of drug-likeness (QED) is 0.791. The Kier molecular flexibility index (Phi) is 5.73. The minimum Gasteiger partial charge on any atom is -0.481 e. The largest absolute Gasteiger partial charge is 0.481 e. The highest BCUT2D eigenvalue weighted by atomic mass is 16.5. The third-order valence-electron chi connectivity index (χ3n) is 4.84. The first kappa shape index (κ1) is 17.9. The lowest BCUT2D eigenvalue weighted by molar-refractivity contribution is 0.104. The van der Waals surface area contributed by atoms with Crippen molar-refractivity contribution in [2.45, 2.75) is 32.5 Å². The highest BCUT2D eigenvalue weighted by Gasteiger charge is 2.19. The van der Waals surface area contributed by atoms with E-state index in [0.29, 0.717) is 19.6 Å². The van der Waals surface area contributed by atoms with Crippen LogP contribution in [0.5, 0.6) is 5.88 Å². The Balaban J connectivity index is 1.47. The molecule has 1 aliphatic heterocycles. The summed E-state index contributed by atoms with van der Waals surface area (Å²) in [5.41, 5.74) is 4.81. The number of benzene rings is 1. The van der Waals surface area contributed by atoms with Crippen LogP contribution in [0.3, 0.4) is 0 Å². The summed E-state index contributed by atoms with van der Waals surface area (Å²) in [4.78, 5) is 2.32. The zero-order valence-electron chi connectivity index (χ0n) is 15.3. The molecule has 1 atom stereocenters. The van der Waals surface area contributed by atoms with E-state index < -0.39 is 6.10 Å². The molecule has 136 valence electrons. The third-order valence-corrected chi connectivity index (χ3v) is 4.84. The van der Waals surface area contributed by atoms with Gasteiger partial charge in [0.2, 0.25) is 5.88 Å². The second-order valence-corrected chi connectivity index (χ2v) is 6.74. The van der Waals surface area contributed by atoms with Crippen molar-refractivity contribution in [2.24, 2.45) is 7.05 Å². The van der Waals surface area contributed by atoms with Crippen LogP contribution in [-0.2, 0) is 26.6 Å². The van der Waals surface area contributed by atoms with Gasteiger partial charge in [-0.2, -0.15) is 5.10 Å². The van der Waals surface area contributed by atoms with Crippen molar-refractivity contribution in [3.8, 4) is 5.88 Å². The predicted octanol–water partition coefficient (Wildman–Crippen LogP) is 1.25. The van der Waals surface area contributed by atoms with Crippen molar-refractivity contribution >= 4 is 0 Å². The zero-order valence-corrected chi connectivity index (χ0v) is 15.3. The molecule has 0 aliphatic carbocycles. The molecule has 0 bridgehead atoms. The average Bonchev–Trinajstić information content (AvgIpc) is 2.87. The Morgan fingerprint density at radius 1 is 1.32 bits per heavy atom. The van der Waals surface area contributed by atoms with Crippen LogP contribution in [0.1, 0.15) is 22.4 Å². The van der Waals surface area contributed by atoms with Crippen LogP contribution in [0.15, 0.2) is 24.3 Å². The van der Waals surface area contributed by atoms with E-state index in [1.165, 1.54) is 11.1 Å². The Bertz CT molecular complexity index is 713. The molecule has 0 radical (unpaired) electrons. The maximum absolute atomic E-state index is 10.4. The van der Waals surface area contributed by atoms with Crippen LogP contribution in [0.4, 0.5) is 0 Å². The number of fused-ring (bicyclic) bond motifs is 1. The van der Waals surface area contributed by atoms with Crippen molar-refractivity contribution in [2.75, 3.05) is 26.7 Å². The standard InChI is InChI=1S/C19H28N4O2/c1-14-18(19(25-3)22(2)21-14)11-20-10-17(24)13-23-9-8-15-6-4-5-7-16(15)12-23/h4-7,17,20,24H,8-13H2,1-3H3/t17-/m1/s1. The second kappa shape index (κ2) is 7.99. The summed E-state index contributed by atoms with van der Waals surface area (Å²) in [6, 6.07) is 8.57. The topological polar surface area (TPSA) is 62.5 Å². The smallest absolute Gasteiger partial charge is 0.216 e. The first-order chi connectivity index (χ1) is 12.1. The molecule has 1 aromatic carbocycles. The molecule has 6 heteroatoms. The van der Waals surface area contributed by atoms with Crippen LogP contribution in [0, 0.1) is 6.92 Å². The van der Waals surface area contributed by atoms with Gasteiger partial charge in [-0.3, -0.25) is 4.90 Å². The van der Waals surface area contributed by atoms with E-state index in [-0.39, 0.29) is 0 Å². The molecule has 0 spiro atoms. The lowest BCUT2D eigenvalue weighted by Gasteiger charge is -2.30. The van der Waals surface area contributed by atoms with E-state index in [9.17, 15) is 5.11 Å². The SMILES string of the molecule is COc1c(CNC[C@@H](O)CN2CCc3ccccc3C2)c(C)nn1C. The first-order valence-electron chi connectivity index (χ1n) is 8.83. The molecule has 2 aromatic rings. The molecular formula is C19H28N4O2. The van der Waals surface area contributed by atoms with Gasteiger partial charge < -0.3 is 15.2 Å². The molecule has 0 saturated heterocycles. The Labute approximate surface area is 149 Å². The summed E-state index contributed by atoms with van der Waals surface area (Å²) >= 11 is 0. The fourth-order valence-electron chi connectivity index (χ4n) is 3.58. The van der Waals surface area contributed by atoms with Gasteiger partial charge in [-0.05, 0) is 24.5 Å². The Hall–Kier alpha value is -1.89. The van der Waals surface area contributed by atoms with Gasteiger partial charge >= 0.3 is 0 Å². The normalized spacial score (nSPS) is 15.8. The van der Waals surface area contributed by atoms with Gasteiger partial charge in [-0.1, -0.05) is 24.3 Å². The molecule has 6 nitrogen and oxygen atoms in total. The maximum Gasteiger partial charge on any atom is 0.216 e.